The second-order valence-corrected chi connectivity index (χ2v) is 14.9. The molecular formula is C38H47BrN4O4. The molecule has 250 valence electrons. The van der Waals surface area contributed by atoms with Gasteiger partial charge >= 0.3 is 12.2 Å². The van der Waals surface area contributed by atoms with Crippen LogP contribution in [0.1, 0.15) is 41.5 Å². The first kappa shape index (κ1) is 34.4. The lowest BCUT2D eigenvalue weighted by Crippen LogP contribution is -2.50. The van der Waals surface area contributed by atoms with E-state index in [0.29, 0.717) is 26.2 Å². The van der Waals surface area contributed by atoms with Gasteiger partial charge in [-0.3, -0.25) is 0 Å². The molecule has 9 heteroatoms. The summed E-state index contributed by atoms with van der Waals surface area (Å²) in [4.78, 5) is 32.6. The number of hydrogen-bond donors (Lipinski definition) is 0. The molecule has 4 aromatic rings. The van der Waals surface area contributed by atoms with Crippen LogP contribution in [-0.4, -0.2) is 85.5 Å². The van der Waals surface area contributed by atoms with Crippen LogP contribution >= 0.6 is 15.9 Å². The molecular weight excluding hydrogens is 656 g/mol. The van der Waals surface area contributed by atoms with Gasteiger partial charge in [0.05, 0.1) is 0 Å². The van der Waals surface area contributed by atoms with Gasteiger partial charge in [-0.25, -0.2) is 9.59 Å². The third-order valence-electron chi connectivity index (χ3n) is 8.16. The molecule has 0 bridgehead atoms. The maximum Gasteiger partial charge on any atom is 0.410 e. The van der Waals surface area contributed by atoms with E-state index in [0.717, 1.165) is 30.7 Å². The fourth-order valence-corrected chi connectivity index (χ4v) is 6.40. The lowest BCUT2D eigenvalue weighted by atomic mass is 10.1. The summed E-state index contributed by atoms with van der Waals surface area (Å²) < 4.78 is 12.0. The average molecular weight is 704 g/mol. The van der Waals surface area contributed by atoms with Gasteiger partial charge in [-0.2, -0.15) is 0 Å². The van der Waals surface area contributed by atoms with Crippen molar-refractivity contribution in [2.45, 2.75) is 52.7 Å². The highest BCUT2D eigenvalue weighted by Crippen LogP contribution is 2.33. The Hall–Kier alpha value is -3.98. The van der Waals surface area contributed by atoms with Crippen molar-refractivity contribution in [3.05, 3.63) is 83.3 Å². The van der Waals surface area contributed by atoms with Crippen molar-refractivity contribution in [3.63, 3.8) is 0 Å². The number of fused-ring (bicyclic) bond motifs is 2. The molecule has 4 aromatic carbocycles. The first-order valence-electron chi connectivity index (χ1n) is 16.4. The maximum atomic E-state index is 12.2. The highest BCUT2D eigenvalue weighted by Gasteiger charge is 2.28. The number of hydrogen-bond acceptors (Lipinski definition) is 6. The van der Waals surface area contributed by atoms with E-state index in [-0.39, 0.29) is 12.2 Å². The minimum Gasteiger partial charge on any atom is -0.444 e. The second kappa shape index (κ2) is 14.4. The van der Waals surface area contributed by atoms with Crippen LogP contribution in [0.4, 0.5) is 21.0 Å². The number of piperazine rings is 2. The molecule has 6 rings (SSSR count). The van der Waals surface area contributed by atoms with E-state index in [1.54, 1.807) is 9.80 Å². The first-order chi connectivity index (χ1) is 22.3. The standard InChI is InChI=1S/C19H23BrN2O2.C19H24N2O2/c1-19(2,3)24-18(23)22-12-10-21(11-13-22)17-9-8-16(20)14-6-4-5-7-15(14)17;1-19(2,3)23-18(22)21-13-11-20(12-14-21)17-10-6-8-15-7-4-5-9-16(15)17/h4-9H,10-13H2,1-3H3;4-10H,11-14H2,1-3H3. The second-order valence-electron chi connectivity index (χ2n) is 14.0. The number of ether oxygens (including phenoxy) is 2. The fraction of sp³-hybridized carbons (Fsp3) is 0.421. The summed E-state index contributed by atoms with van der Waals surface area (Å²) in [5.41, 5.74) is 1.57. The van der Waals surface area contributed by atoms with E-state index in [9.17, 15) is 9.59 Å². The van der Waals surface area contributed by atoms with Crippen LogP contribution in [0.25, 0.3) is 21.5 Å². The number of nitrogens with zero attached hydrogens (tertiary/aromatic N) is 4. The van der Waals surface area contributed by atoms with Gasteiger partial charge in [0.1, 0.15) is 11.2 Å². The fourth-order valence-electron chi connectivity index (χ4n) is 5.92. The molecule has 0 spiro atoms. The van der Waals surface area contributed by atoms with E-state index in [4.69, 9.17) is 9.47 Å². The summed E-state index contributed by atoms with van der Waals surface area (Å²) in [6.45, 7) is 17.4. The molecule has 0 radical (unpaired) electrons. The smallest absolute Gasteiger partial charge is 0.410 e. The summed E-state index contributed by atoms with van der Waals surface area (Å²) in [5.74, 6) is 0. The van der Waals surface area contributed by atoms with Gasteiger partial charge in [-0.05, 0) is 70.5 Å². The zero-order valence-electron chi connectivity index (χ0n) is 28.5. The van der Waals surface area contributed by atoms with Crippen LogP contribution in [0.15, 0.2) is 83.3 Å². The number of halogens is 1. The Morgan fingerprint density at radius 2 is 0.957 bits per heavy atom. The van der Waals surface area contributed by atoms with Crippen LogP contribution in [0.3, 0.4) is 0 Å². The molecule has 0 saturated carbocycles. The number of carbonyl (C=O) groups is 2. The number of anilines is 2. The Kier molecular flexibility index (Phi) is 10.5. The molecule has 2 saturated heterocycles. The van der Waals surface area contributed by atoms with Crippen LogP contribution in [-0.2, 0) is 9.47 Å². The van der Waals surface area contributed by atoms with E-state index in [1.165, 1.54) is 32.9 Å². The monoisotopic (exact) mass is 702 g/mol. The number of benzene rings is 4. The molecule has 0 atom stereocenters. The lowest BCUT2D eigenvalue weighted by molar-refractivity contribution is 0.0230. The van der Waals surface area contributed by atoms with Gasteiger partial charge in [0.15, 0.2) is 0 Å². The highest BCUT2D eigenvalue weighted by atomic mass is 79.9. The van der Waals surface area contributed by atoms with Gasteiger partial charge in [-0.1, -0.05) is 76.6 Å². The van der Waals surface area contributed by atoms with Gasteiger partial charge in [0, 0.05) is 79.0 Å². The van der Waals surface area contributed by atoms with E-state index in [2.05, 4.69) is 105 Å². The largest absolute Gasteiger partial charge is 0.444 e. The predicted octanol–water partition coefficient (Wildman–Crippen LogP) is 8.56. The van der Waals surface area contributed by atoms with E-state index >= 15 is 0 Å². The Morgan fingerprint density at radius 1 is 0.532 bits per heavy atom. The summed E-state index contributed by atoms with van der Waals surface area (Å²) in [5, 5.41) is 4.96. The molecule has 2 heterocycles. The molecule has 2 aliphatic rings. The van der Waals surface area contributed by atoms with E-state index < -0.39 is 11.2 Å². The average Bonchev–Trinajstić information content (AvgIpc) is 3.04. The topological polar surface area (TPSA) is 65.6 Å². The van der Waals surface area contributed by atoms with Crippen LogP contribution in [0.5, 0.6) is 0 Å². The lowest BCUT2D eigenvalue weighted by Gasteiger charge is -2.37. The summed E-state index contributed by atoms with van der Waals surface area (Å²) in [6.07, 6.45) is -0.433. The number of amides is 2. The Labute approximate surface area is 287 Å². The normalized spacial score (nSPS) is 15.7. The minimum atomic E-state index is -0.448. The molecule has 0 unspecified atom stereocenters. The minimum absolute atomic E-state index is 0.213. The van der Waals surface area contributed by atoms with E-state index in [1.807, 2.05) is 41.5 Å². The van der Waals surface area contributed by atoms with Crippen molar-refractivity contribution >= 4 is 61.0 Å². The van der Waals surface area contributed by atoms with Gasteiger partial charge in [0.25, 0.3) is 0 Å². The SMILES string of the molecule is CC(C)(C)OC(=O)N1CCN(c2ccc(Br)c3ccccc23)CC1.CC(C)(C)OC(=O)N1CCN(c2cccc3ccccc23)CC1. The Bertz CT molecular complexity index is 1690. The highest BCUT2D eigenvalue weighted by molar-refractivity contribution is 9.10. The first-order valence-corrected chi connectivity index (χ1v) is 17.2. The number of rotatable bonds is 2. The molecule has 0 aromatic heterocycles. The molecule has 0 aliphatic carbocycles. The van der Waals surface area contributed by atoms with Crippen molar-refractivity contribution in [2.75, 3.05) is 62.2 Å². The summed E-state index contributed by atoms with van der Waals surface area (Å²) in [6, 6.07) is 27.4. The van der Waals surface area contributed by atoms with Crippen LogP contribution in [0.2, 0.25) is 0 Å². The van der Waals surface area contributed by atoms with Crippen molar-refractivity contribution < 1.29 is 19.1 Å². The van der Waals surface area contributed by atoms with Crippen LogP contribution in [0, 0.1) is 0 Å². The quantitative estimate of drug-likeness (QED) is 0.209. The Balaban J connectivity index is 0.000000185. The van der Waals surface area contributed by atoms with Crippen LogP contribution < -0.4 is 9.80 Å². The molecule has 2 fully saturated rings. The van der Waals surface area contributed by atoms with Gasteiger partial charge < -0.3 is 29.1 Å². The Morgan fingerprint density at radius 3 is 1.47 bits per heavy atom. The maximum absolute atomic E-state index is 12.2. The third kappa shape index (κ3) is 8.89. The molecule has 8 nitrogen and oxygen atoms in total. The molecule has 0 N–H and O–H groups in total. The molecule has 2 amide bonds. The van der Waals surface area contributed by atoms with Crippen molar-refractivity contribution in [1.29, 1.82) is 0 Å². The van der Waals surface area contributed by atoms with Gasteiger partial charge in [0.2, 0.25) is 0 Å². The number of carbonyl (C=O) groups excluding carboxylic acids is 2. The zero-order valence-corrected chi connectivity index (χ0v) is 30.0. The summed E-state index contributed by atoms with van der Waals surface area (Å²) >= 11 is 3.62. The van der Waals surface area contributed by atoms with Crippen molar-refractivity contribution in [3.8, 4) is 0 Å². The van der Waals surface area contributed by atoms with Crippen molar-refractivity contribution in [2.24, 2.45) is 0 Å². The van der Waals surface area contributed by atoms with Crippen molar-refractivity contribution in [1.82, 2.24) is 9.80 Å². The summed E-state index contributed by atoms with van der Waals surface area (Å²) in [7, 11) is 0. The molecule has 47 heavy (non-hydrogen) atoms. The third-order valence-corrected chi connectivity index (χ3v) is 8.85. The van der Waals surface area contributed by atoms with Gasteiger partial charge in [-0.15, -0.1) is 0 Å². The predicted molar refractivity (Wildman–Crippen MR) is 196 cm³/mol. The zero-order chi connectivity index (χ0) is 33.8. The molecule has 2 aliphatic heterocycles.